The normalized spacial score (nSPS) is 22.4. The van der Waals surface area contributed by atoms with E-state index in [9.17, 15) is 13.2 Å². The molecule has 1 aromatic carbocycles. The molecule has 0 radical (unpaired) electrons. The van der Waals surface area contributed by atoms with E-state index in [1.807, 2.05) is 19.1 Å². The summed E-state index contributed by atoms with van der Waals surface area (Å²) in [6.45, 7) is 5.44. The topological polar surface area (TPSA) is 83.5 Å². The van der Waals surface area contributed by atoms with Gasteiger partial charge in [-0.1, -0.05) is 24.1 Å². The summed E-state index contributed by atoms with van der Waals surface area (Å²) in [4.78, 5) is 11.4. The minimum absolute atomic E-state index is 0.268. The first-order valence-electron chi connectivity index (χ1n) is 7.05. The van der Waals surface area contributed by atoms with Crippen molar-refractivity contribution in [3.8, 4) is 0 Å². The van der Waals surface area contributed by atoms with Crippen molar-refractivity contribution in [3.63, 3.8) is 0 Å². The lowest BCUT2D eigenvalue weighted by atomic mass is 10.1. The number of carboxylic acids is 1. The highest BCUT2D eigenvalue weighted by Crippen LogP contribution is 2.29. The quantitative estimate of drug-likeness (QED) is 0.892. The average Bonchev–Trinajstić information content (AvgIpc) is 2.73. The van der Waals surface area contributed by atoms with Gasteiger partial charge in [-0.2, -0.15) is 0 Å². The van der Waals surface area contributed by atoms with Crippen LogP contribution in [0.5, 0.6) is 0 Å². The van der Waals surface area contributed by atoms with Gasteiger partial charge in [-0.25, -0.2) is 13.1 Å². The van der Waals surface area contributed by atoms with E-state index in [2.05, 4.69) is 4.72 Å². The molecule has 2 unspecified atom stereocenters. The second-order valence-corrected chi connectivity index (χ2v) is 7.48. The average molecular weight is 311 g/mol. The van der Waals surface area contributed by atoms with E-state index in [0.29, 0.717) is 24.0 Å². The van der Waals surface area contributed by atoms with Crippen LogP contribution in [0.25, 0.3) is 0 Å². The summed E-state index contributed by atoms with van der Waals surface area (Å²) in [7, 11) is -3.70. The van der Waals surface area contributed by atoms with E-state index in [-0.39, 0.29) is 4.90 Å². The molecule has 2 rings (SSSR count). The molecule has 5 nitrogen and oxygen atoms in total. The largest absolute Gasteiger partial charge is 0.481 e. The molecule has 21 heavy (non-hydrogen) atoms. The van der Waals surface area contributed by atoms with Gasteiger partial charge in [-0.15, -0.1) is 0 Å². The van der Waals surface area contributed by atoms with E-state index in [0.717, 1.165) is 12.0 Å². The van der Waals surface area contributed by atoms with Crippen molar-refractivity contribution in [2.45, 2.75) is 51.0 Å². The van der Waals surface area contributed by atoms with E-state index in [1.165, 1.54) is 0 Å². The van der Waals surface area contributed by atoms with Crippen LogP contribution in [0.15, 0.2) is 17.0 Å². The lowest BCUT2D eigenvalue weighted by Gasteiger charge is -2.20. The molecule has 116 valence electrons. The Labute approximate surface area is 125 Å². The summed E-state index contributed by atoms with van der Waals surface area (Å²) in [5.41, 5.74) is 2.38. The first-order chi connectivity index (χ1) is 9.72. The summed E-state index contributed by atoms with van der Waals surface area (Å²) < 4.78 is 27.8. The predicted molar refractivity (Wildman–Crippen MR) is 79.7 cm³/mol. The standard InChI is InChI=1S/C15H21NO4S/c1-9-7-10(2)14(11(3)8-9)21(19,20)16-13-6-4-5-12(13)15(17)18/h7-8,12-13,16H,4-6H2,1-3H3,(H,17,18). The summed E-state index contributed by atoms with van der Waals surface area (Å²) in [5, 5.41) is 9.16. The van der Waals surface area contributed by atoms with Crippen LogP contribution in [0.3, 0.4) is 0 Å². The number of hydrogen-bond donors (Lipinski definition) is 2. The van der Waals surface area contributed by atoms with Gasteiger partial charge in [0.25, 0.3) is 0 Å². The zero-order valence-electron chi connectivity index (χ0n) is 12.5. The number of aliphatic carboxylic acids is 1. The number of nitrogens with one attached hydrogen (secondary N) is 1. The number of rotatable bonds is 4. The van der Waals surface area contributed by atoms with Crippen molar-refractivity contribution in [1.82, 2.24) is 4.72 Å². The molecular formula is C15H21NO4S. The molecule has 1 fully saturated rings. The molecule has 1 aromatic rings. The van der Waals surface area contributed by atoms with Gasteiger partial charge in [0.2, 0.25) is 10.0 Å². The summed E-state index contributed by atoms with van der Waals surface area (Å²) in [5.74, 6) is -1.57. The highest BCUT2D eigenvalue weighted by molar-refractivity contribution is 7.89. The number of hydrogen-bond acceptors (Lipinski definition) is 3. The van der Waals surface area contributed by atoms with E-state index in [4.69, 9.17) is 5.11 Å². The SMILES string of the molecule is Cc1cc(C)c(S(=O)(=O)NC2CCCC2C(=O)O)c(C)c1. The Kier molecular flexibility index (Phi) is 4.39. The first kappa shape index (κ1) is 16.0. The van der Waals surface area contributed by atoms with Crippen molar-refractivity contribution in [2.75, 3.05) is 0 Å². The Morgan fingerprint density at radius 3 is 2.29 bits per heavy atom. The zero-order chi connectivity index (χ0) is 15.8. The lowest BCUT2D eigenvalue weighted by molar-refractivity contribution is -0.141. The van der Waals surface area contributed by atoms with Crippen LogP contribution in [-0.4, -0.2) is 25.5 Å². The molecule has 1 aliphatic rings. The van der Waals surface area contributed by atoms with Gasteiger partial charge in [0.15, 0.2) is 0 Å². The van der Waals surface area contributed by atoms with Crippen LogP contribution in [0, 0.1) is 26.7 Å². The number of carboxylic acid groups (broad SMARTS) is 1. The molecule has 6 heteroatoms. The molecular weight excluding hydrogens is 290 g/mol. The highest BCUT2D eigenvalue weighted by Gasteiger charge is 2.36. The molecule has 0 spiro atoms. The van der Waals surface area contributed by atoms with Gasteiger partial charge in [0.1, 0.15) is 0 Å². The van der Waals surface area contributed by atoms with Crippen LogP contribution in [-0.2, 0) is 14.8 Å². The Morgan fingerprint density at radius 1 is 1.19 bits per heavy atom. The summed E-state index contributed by atoms with van der Waals surface area (Å²) >= 11 is 0. The number of sulfonamides is 1. The van der Waals surface area contributed by atoms with Crippen LogP contribution >= 0.6 is 0 Å². The van der Waals surface area contributed by atoms with Gasteiger partial charge in [0.05, 0.1) is 10.8 Å². The number of aryl methyl sites for hydroxylation is 3. The van der Waals surface area contributed by atoms with Gasteiger partial charge in [-0.3, -0.25) is 4.79 Å². The Morgan fingerprint density at radius 2 is 1.76 bits per heavy atom. The first-order valence-corrected chi connectivity index (χ1v) is 8.53. The molecule has 0 bridgehead atoms. The van der Waals surface area contributed by atoms with Crippen LogP contribution in [0.1, 0.15) is 36.0 Å². The predicted octanol–water partition coefficient (Wildman–Crippen LogP) is 2.14. The van der Waals surface area contributed by atoms with Gasteiger partial charge in [-0.05, 0) is 44.7 Å². The maximum absolute atomic E-state index is 12.6. The Hall–Kier alpha value is -1.40. The minimum Gasteiger partial charge on any atom is -0.481 e. The monoisotopic (exact) mass is 311 g/mol. The maximum atomic E-state index is 12.6. The molecule has 0 heterocycles. The molecule has 2 atom stereocenters. The molecule has 0 saturated heterocycles. The van der Waals surface area contributed by atoms with Crippen molar-refractivity contribution in [1.29, 1.82) is 0 Å². The molecule has 1 aliphatic carbocycles. The summed E-state index contributed by atoms with van der Waals surface area (Å²) in [6, 6.07) is 3.13. The molecule has 0 aliphatic heterocycles. The van der Waals surface area contributed by atoms with E-state index >= 15 is 0 Å². The van der Waals surface area contributed by atoms with E-state index in [1.54, 1.807) is 13.8 Å². The third-order valence-electron chi connectivity index (χ3n) is 4.01. The van der Waals surface area contributed by atoms with Crippen molar-refractivity contribution in [3.05, 3.63) is 28.8 Å². The molecule has 0 amide bonds. The minimum atomic E-state index is -3.70. The van der Waals surface area contributed by atoms with Crippen molar-refractivity contribution < 1.29 is 18.3 Å². The number of benzene rings is 1. The second-order valence-electron chi connectivity index (χ2n) is 5.83. The highest BCUT2D eigenvalue weighted by atomic mass is 32.2. The van der Waals surface area contributed by atoms with Crippen molar-refractivity contribution >= 4 is 16.0 Å². The maximum Gasteiger partial charge on any atom is 0.308 e. The molecule has 0 aromatic heterocycles. The molecule has 2 N–H and O–H groups in total. The Balaban J connectivity index is 2.33. The fraction of sp³-hybridized carbons (Fsp3) is 0.533. The van der Waals surface area contributed by atoms with E-state index < -0.39 is 28.0 Å². The number of carbonyl (C=O) groups is 1. The molecule has 1 saturated carbocycles. The third kappa shape index (κ3) is 3.27. The van der Waals surface area contributed by atoms with Crippen LogP contribution in [0.2, 0.25) is 0 Å². The lowest BCUT2D eigenvalue weighted by Crippen LogP contribution is -2.40. The van der Waals surface area contributed by atoms with Crippen LogP contribution < -0.4 is 4.72 Å². The van der Waals surface area contributed by atoms with Gasteiger partial charge < -0.3 is 5.11 Å². The van der Waals surface area contributed by atoms with Gasteiger partial charge in [0, 0.05) is 6.04 Å². The Bertz CT molecular complexity index is 643. The second kappa shape index (κ2) is 5.77. The summed E-state index contributed by atoms with van der Waals surface area (Å²) in [6.07, 6.45) is 1.82. The van der Waals surface area contributed by atoms with Crippen LogP contribution in [0.4, 0.5) is 0 Å². The fourth-order valence-electron chi connectivity index (χ4n) is 3.25. The van der Waals surface area contributed by atoms with Gasteiger partial charge >= 0.3 is 5.97 Å². The third-order valence-corrected chi connectivity index (χ3v) is 5.81. The smallest absolute Gasteiger partial charge is 0.308 e. The zero-order valence-corrected chi connectivity index (χ0v) is 13.3. The fourth-order valence-corrected chi connectivity index (χ4v) is 5.01. The van der Waals surface area contributed by atoms with Crippen molar-refractivity contribution in [2.24, 2.45) is 5.92 Å².